The number of benzene rings is 3. The van der Waals surface area contributed by atoms with Gasteiger partial charge in [-0.3, -0.25) is 0 Å². The van der Waals surface area contributed by atoms with E-state index >= 15 is 0 Å². The monoisotopic (exact) mass is 592 g/mol. The summed E-state index contributed by atoms with van der Waals surface area (Å²) >= 11 is 0. The number of ether oxygens (including phenoxy) is 2. The van der Waals surface area contributed by atoms with Crippen molar-refractivity contribution in [2.45, 2.75) is 66.2 Å². The molecule has 3 aromatic carbocycles. The Morgan fingerprint density at radius 1 is 0.619 bits per heavy atom. The van der Waals surface area contributed by atoms with Crippen LogP contribution in [0.5, 0.6) is 17.2 Å². The molecule has 0 saturated carbocycles. The second kappa shape index (κ2) is 14.3. The molecule has 0 aromatic heterocycles. The first-order valence-corrected chi connectivity index (χ1v) is 16.2. The Balaban J connectivity index is 2.37. The van der Waals surface area contributed by atoms with E-state index in [0.717, 1.165) is 40.9 Å². The third-order valence-electron chi connectivity index (χ3n) is 6.99. The van der Waals surface area contributed by atoms with Crippen molar-refractivity contribution in [3.05, 3.63) is 76.9 Å². The molecule has 0 spiro atoms. The molecule has 0 aliphatic rings. The standard InChI is InChI=1S/C36H53N2O3P/c1-26-22-29(35(3,4)5)33(39-20-18-37(9)10)31(24-26)42(41-28-16-14-13-15-17-28)32-25-27(2)23-30(36(6,7)8)34(32)40-21-19-38(11)12/h13-17,22-25H,18-21H2,1-12H3. The third-order valence-corrected chi connectivity index (χ3v) is 8.92. The summed E-state index contributed by atoms with van der Waals surface area (Å²) in [5, 5.41) is 2.17. The molecule has 0 atom stereocenters. The highest BCUT2D eigenvalue weighted by Crippen LogP contribution is 2.47. The molecule has 5 nitrogen and oxygen atoms in total. The van der Waals surface area contributed by atoms with Crippen LogP contribution in [-0.4, -0.2) is 64.3 Å². The minimum Gasteiger partial charge on any atom is -0.491 e. The minimum atomic E-state index is -1.37. The van der Waals surface area contributed by atoms with Crippen LogP contribution in [-0.2, 0) is 10.8 Å². The van der Waals surface area contributed by atoms with Crippen LogP contribution >= 0.6 is 8.15 Å². The van der Waals surface area contributed by atoms with Crippen molar-refractivity contribution in [2.75, 3.05) is 54.5 Å². The lowest BCUT2D eigenvalue weighted by molar-refractivity contribution is 0.258. The van der Waals surface area contributed by atoms with E-state index in [1.807, 2.05) is 30.3 Å². The summed E-state index contributed by atoms with van der Waals surface area (Å²) in [5.41, 5.74) is 4.54. The van der Waals surface area contributed by atoms with E-state index in [2.05, 4.69) is 118 Å². The first kappa shape index (κ1) is 33.9. The number of para-hydroxylation sites is 1. The molecule has 0 unspecified atom stereocenters. The summed E-state index contributed by atoms with van der Waals surface area (Å²) < 4.78 is 20.5. The summed E-state index contributed by atoms with van der Waals surface area (Å²) in [6.07, 6.45) is 0. The highest BCUT2D eigenvalue weighted by Gasteiger charge is 2.33. The van der Waals surface area contributed by atoms with Gasteiger partial charge < -0.3 is 23.8 Å². The number of hydrogen-bond acceptors (Lipinski definition) is 5. The molecule has 0 fully saturated rings. The molecule has 0 aliphatic heterocycles. The topological polar surface area (TPSA) is 34.2 Å². The van der Waals surface area contributed by atoms with Crippen molar-refractivity contribution in [1.29, 1.82) is 0 Å². The second-order valence-electron chi connectivity index (χ2n) is 13.8. The zero-order valence-corrected chi connectivity index (χ0v) is 29.0. The molecule has 0 N–H and O–H groups in total. The van der Waals surface area contributed by atoms with E-state index in [0.29, 0.717) is 13.2 Å². The van der Waals surface area contributed by atoms with Gasteiger partial charge in [0.05, 0.1) is 10.6 Å². The van der Waals surface area contributed by atoms with Crippen LogP contribution in [0.2, 0.25) is 0 Å². The maximum atomic E-state index is 7.05. The second-order valence-corrected chi connectivity index (χ2v) is 15.6. The number of rotatable bonds is 12. The van der Waals surface area contributed by atoms with Crippen LogP contribution < -0.4 is 24.6 Å². The molecule has 230 valence electrons. The van der Waals surface area contributed by atoms with Gasteiger partial charge in [-0.25, -0.2) is 0 Å². The first-order chi connectivity index (χ1) is 19.6. The fourth-order valence-electron chi connectivity index (χ4n) is 4.70. The van der Waals surface area contributed by atoms with Gasteiger partial charge in [0.2, 0.25) is 0 Å². The average molecular weight is 593 g/mol. The normalized spacial score (nSPS) is 12.4. The van der Waals surface area contributed by atoms with Gasteiger partial charge in [-0.15, -0.1) is 0 Å². The maximum Gasteiger partial charge on any atom is 0.158 e. The number of hydrogen-bond donors (Lipinski definition) is 0. The zero-order valence-electron chi connectivity index (χ0n) is 28.1. The van der Waals surface area contributed by atoms with E-state index in [1.165, 1.54) is 22.3 Å². The minimum absolute atomic E-state index is 0.115. The fraction of sp³-hybridized carbons (Fsp3) is 0.500. The van der Waals surface area contributed by atoms with Crippen molar-refractivity contribution < 1.29 is 14.0 Å². The molecule has 42 heavy (non-hydrogen) atoms. The van der Waals surface area contributed by atoms with Crippen molar-refractivity contribution >= 4 is 18.8 Å². The summed E-state index contributed by atoms with van der Waals surface area (Å²) in [7, 11) is 6.94. The van der Waals surface area contributed by atoms with E-state index in [9.17, 15) is 0 Å². The SMILES string of the molecule is Cc1cc(P(Oc2ccccc2)c2cc(C)cc(C(C)(C)C)c2OCCN(C)C)c(OCCN(C)C)c(C(C)(C)C)c1. The van der Waals surface area contributed by atoms with E-state index in [1.54, 1.807) is 0 Å². The average Bonchev–Trinajstić information content (AvgIpc) is 2.87. The number of aryl methyl sites for hydroxylation is 2. The summed E-state index contributed by atoms with van der Waals surface area (Å²) in [6, 6.07) is 19.2. The van der Waals surface area contributed by atoms with Crippen LogP contribution in [0, 0.1) is 13.8 Å². The van der Waals surface area contributed by atoms with Gasteiger partial charge in [0.25, 0.3) is 0 Å². The van der Waals surface area contributed by atoms with Gasteiger partial charge in [0.15, 0.2) is 8.15 Å². The lowest BCUT2D eigenvalue weighted by Crippen LogP contribution is -2.29. The van der Waals surface area contributed by atoms with Crippen molar-refractivity contribution in [2.24, 2.45) is 0 Å². The molecular weight excluding hydrogens is 539 g/mol. The highest BCUT2D eigenvalue weighted by atomic mass is 31.1. The molecule has 0 radical (unpaired) electrons. The molecule has 0 bridgehead atoms. The van der Waals surface area contributed by atoms with Gasteiger partial charge in [0, 0.05) is 24.2 Å². The molecule has 0 saturated heterocycles. The Morgan fingerprint density at radius 2 is 1.02 bits per heavy atom. The van der Waals surface area contributed by atoms with Crippen molar-refractivity contribution in [1.82, 2.24) is 9.80 Å². The number of nitrogens with zero attached hydrogens (tertiary/aromatic N) is 2. The summed E-state index contributed by atoms with van der Waals surface area (Å²) in [4.78, 5) is 4.31. The zero-order chi connectivity index (χ0) is 31.2. The third kappa shape index (κ3) is 9.20. The van der Waals surface area contributed by atoms with E-state index in [-0.39, 0.29) is 10.8 Å². The first-order valence-electron chi connectivity index (χ1n) is 15.0. The lowest BCUT2D eigenvalue weighted by atomic mass is 9.85. The van der Waals surface area contributed by atoms with Crippen LogP contribution in [0.25, 0.3) is 0 Å². The Bertz CT molecular complexity index is 1230. The van der Waals surface area contributed by atoms with Crippen LogP contribution in [0.3, 0.4) is 0 Å². The van der Waals surface area contributed by atoms with Crippen LogP contribution in [0.4, 0.5) is 0 Å². The van der Waals surface area contributed by atoms with Gasteiger partial charge in [-0.2, -0.15) is 0 Å². The van der Waals surface area contributed by atoms with Crippen LogP contribution in [0.15, 0.2) is 54.6 Å². The van der Waals surface area contributed by atoms with E-state index < -0.39 is 8.15 Å². The summed E-state index contributed by atoms with van der Waals surface area (Å²) in [6.45, 7) is 20.7. The fourth-order valence-corrected chi connectivity index (χ4v) is 6.87. The van der Waals surface area contributed by atoms with Gasteiger partial charge >= 0.3 is 0 Å². The van der Waals surface area contributed by atoms with Crippen molar-refractivity contribution in [3.8, 4) is 17.2 Å². The lowest BCUT2D eigenvalue weighted by Gasteiger charge is -2.31. The number of likely N-dealkylation sites (N-methyl/N-ethyl adjacent to an activating group) is 2. The Morgan fingerprint density at radius 3 is 1.38 bits per heavy atom. The molecular formula is C36H53N2O3P. The Labute approximate surface area is 257 Å². The van der Waals surface area contributed by atoms with Crippen LogP contribution in [0.1, 0.15) is 63.8 Å². The maximum absolute atomic E-state index is 7.05. The highest BCUT2D eigenvalue weighted by molar-refractivity contribution is 7.69. The smallest absolute Gasteiger partial charge is 0.158 e. The Kier molecular flexibility index (Phi) is 11.5. The predicted molar refractivity (Wildman–Crippen MR) is 181 cm³/mol. The van der Waals surface area contributed by atoms with Gasteiger partial charge in [0.1, 0.15) is 30.5 Å². The molecule has 0 amide bonds. The Hall–Kier alpha value is -2.59. The van der Waals surface area contributed by atoms with E-state index in [4.69, 9.17) is 14.0 Å². The molecule has 6 heteroatoms. The van der Waals surface area contributed by atoms with Crippen molar-refractivity contribution in [3.63, 3.8) is 0 Å². The molecule has 0 aliphatic carbocycles. The molecule has 3 aromatic rings. The molecule has 3 rings (SSSR count). The molecule has 0 heterocycles. The van der Waals surface area contributed by atoms with Gasteiger partial charge in [-0.1, -0.05) is 71.9 Å². The van der Waals surface area contributed by atoms with Gasteiger partial charge in [-0.05, 0) is 88.3 Å². The summed E-state index contributed by atoms with van der Waals surface area (Å²) in [5.74, 6) is 2.69. The quantitative estimate of drug-likeness (QED) is 0.208. The largest absolute Gasteiger partial charge is 0.491 e. The predicted octanol–water partition coefficient (Wildman–Crippen LogP) is 7.21.